The minimum absolute atomic E-state index is 0.112. The Morgan fingerprint density at radius 3 is 3.03 bits per heavy atom. The van der Waals surface area contributed by atoms with E-state index < -0.39 is 5.82 Å². The summed E-state index contributed by atoms with van der Waals surface area (Å²) in [5, 5.41) is 0.402. The van der Waals surface area contributed by atoms with Crippen LogP contribution >= 0.6 is 11.8 Å². The number of halogens is 1. The van der Waals surface area contributed by atoms with E-state index in [0.717, 1.165) is 48.4 Å². The monoisotopic (exact) mass is 425 g/mol. The molecule has 0 unspecified atom stereocenters. The van der Waals surface area contributed by atoms with E-state index in [9.17, 15) is 0 Å². The standard InChI is InChI=1S/C22H24FN5OS/c1-28-9-3-7-14(28)12-29-22-26-19-16(21(24)27-22)11-25-18(17(19)23)15-8-2-5-13-6-4-10-30-20(13)15/h2,5,8,11,14H,3-4,6-7,9-10,12H2,1H3,(H2,24,26,27)/t14-/m0/s1. The molecule has 30 heavy (non-hydrogen) atoms. The van der Waals surface area contributed by atoms with E-state index in [2.05, 4.69) is 33.0 Å². The first-order valence-corrected chi connectivity index (χ1v) is 11.3. The molecule has 1 aromatic carbocycles. The van der Waals surface area contributed by atoms with Crippen LogP contribution in [0.5, 0.6) is 6.01 Å². The second-order valence-electron chi connectivity index (χ2n) is 7.91. The number of nitrogen functional groups attached to an aromatic ring is 1. The minimum Gasteiger partial charge on any atom is -0.462 e. The number of nitrogens with zero attached hydrogens (tertiary/aromatic N) is 4. The molecule has 0 bridgehead atoms. The van der Waals surface area contributed by atoms with Crippen LogP contribution in [0, 0.1) is 5.82 Å². The van der Waals surface area contributed by atoms with Crippen molar-refractivity contribution in [3.8, 4) is 17.3 Å². The minimum atomic E-state index is -0.482. The van der Waals surface area contributed by atoms with Crippen LogP contribution in [0.25, 0.3) is 22.2 Å². The molecule has 4 heterocycles. The average Bonchev–Trinajstić information content (AvgIpc) is 3.17. The SMILES string of the molecule is CN1CCC[C@H]1COc1nc(N)c2cnc(-c3cccc4c3SCCC4)c(F)c2n1. The van der Waals surface area contributed by atoms with Crippen molar-refractivity contribution in [2.24, 2.45) is 0 Å². The van der Waals surface area contributed by atoms with Crippen LogP contribution in [0.2, 0.25) is 0 Å². The van der Waals surface area contributed by atoms with E-state index in [4.69, 9.17) is 10.5 Å². The molecule has 2 aliphatic rings. The van der Waals surface area contributed by atoms with Crippen molar-refractivity contribution in [1.82, 2.24) is 19.9 Å². The van der Waals surface area contributed by atoms with Gasteiger partial charge < -0.3 is 15.4 Å². The topological polar surface area (TPSA) is 77.2 Å². The molecule has 0 spiro atoms. The van der Waals surface area contributed by atoms with Crippen LogP contribution in [0.4, 0.5) is 10.2 Å². The van der Waals surface area contributed by atoms with Crippen LogP contribution < -0.4 is 10.5 Å². The van der Waals surface area contributed by atoms with Gasteiger partial charge in [-0.25, -0.2) is 4.39 Å². The summed E-state index contributed by atoms with van der Waals surface area (Å²) in [6, 6.07) is 6.42. The van der Waals surface area contributed by atoms with Gasteiger partial charge in [0.25, 0.3) is 0 Å². The molecule has 0 radical (unpaired) electrons. The Morgan fingerprint density at radius 1 is 1.30 bits per heavy atom. The third-order valence-electron chi connectivity index (χ3n) is 5.96. The maximum Gasteiger partial charge on any atom is 0.319 e. The Bertz CT molecular complexity index is 1110. The highest BCUT2D eigenvalue weighted by Crippen LogP contribution is 2.39. The van der Waals surface area contributed by atoms with Gasteiger partial charge in [-0.05, 0) is 50.6 Å². The summed E-state index contributed by atoms with van der Waals surface area (Å²) in [4.78, 5) is 16.3. The summed E-state index contributed by atoms with van der Waals surface area (Å²) < 4.78 is 21.4. The summed E-state index contributed by atoms with van der Waals surface area (Å²) >= 11 is 1.76. The van der Waals surface area contributed by atoms with Crippen LogP contribution in [-0.2, 0) is 6.42 Å². The van der Waals surface area contributed by atoms with Crippen molar-refractivity contribution in [2.75, 3.05) is 31.7 Å². The number of benzene rings is 1. The molecule has 1 fully saturated rings. The Hall–Kier alpha value is -2.45. The zero-order valence-electron chi connectivity index (χ0n) is 16.9. The van der Waals surface area contributed by atoms with Crippen LogP contribution in [-0.4, -0.2) is 51.8 Å². The molecule has 156 valence electrons. The number of hydrogen-bond acceptors (Lipinski definition) is 7. The van der Waals surface area contributed by atoms with Gasteiger partial charge in [0.2, 0.25) is 0 Å². The average molecular weight is 426 g/mol. The van der Waals surface area contributed by atoms with Gasteiger partial charge >= 0.3 is 6.01 Å². The molecule has 0 aliphatic carbocycles. The summed E-state index contributed by atoms with van der Waals surface area (Å²) in [6.07, 6.45) is 5.92. The van der Waals surface area contributed by atoms with Crippen LogP contribution in [0.3, 0.4) is 0 Å². The van der Waals surface area contributed by atoms with Crippen molar-refractivity contribution >= 4 is 28.5 Å². The molecule has 0 amide bonds. The second kappa shape index (κ2) is 8.00. The van der Waals surface area contributed by atoms with Gasteiger partial charge in [-0.2, -0.15) is 9.97 Å². The Labute approximate surface area is 179 Å². The molecule has 0 saturated carbocycles. The molecule has 1 saturated heterocycles. The molecule has 8 heteroatoms. The van der Waals surface area contributed by atoms with E-state index in [1.54, 1.807) is 18.0 Å². The molecule has 6 nitrogen and oxygen atoms in total. The fraction of sp³-hybridized carbons (Fsp3) is 0.409. The number of rotatable bonds is 4. The number of aryl methyl sites for hydroxylation is 1. The predicted octanol–water partition coefficient (Wildman–Crippen LogP) is 3.92. The number of pyridine rings is 1. The lowest BCUT2D eigenvalue weighted by molar-refractivity contribution is 0.188. The molecular weight excluding hydrogens is 401 g/mol. The fourth-order valence-electron chi connectivity index (χ4n) is 4.25. The zero-order valence-corrected chi connectivity index (χ0v) is 17.7. The van der Waals surface area contributed by atoms with E-state index >= 15 is 4.39 Å². The molecule has 3 aromatic rings. The number of fused-ring (bicyclic) bond motifs is 2. The molecule has 2 N–H and O–H groups in total. The highest BCUT2D eigenvalue weighted by atomic mass is 32.2. The Kier molecular flexibility index (Phi) is 5.20. The highest BCUT2D eigenvalue weighted by Gasteiger charge is 2.24. The van der Waals surface area contributed by atoms with Crippen molar-refractivity contribution in [3.05, 3.63) is 35.8 Å². The Balaban J connectivity index is 1.53. The maximum absolute atomic E-state index is 15.6. The molecule has 2 aromatic heterocycles. The number of nitrogens with two attached hydrogens (primary N) is 1. The van der Waals surface area contributed by atoms with Gasteiger partial charge in [-0.3, -0.25) is 4.98 Å². The van der Waals surface area contributed by atoms with Gasteiger partial charge in [-0.1, -0.05) is 18.2 Å². The van der Waals surface area contributed by atoms with Gasteiger partial charge in [0.1, 0.15) is 23.6 Å². The Morgan fingerprint density at radius 2 is 2.20 bits per heavy atom. The van der Waals surface area contributed by atoms with Gasteiger partial charge in [0.15, 0.2) is 5.82 Å². The van der Waals surface area contributed by atoms with Crippen molar-refractivity contribution in [2.45, 2.75) is 36.6 Å². The maximum atomic E-state index is 15.6. The van der Waals surface area contributed by atoms with E-state index in [-0.39, 0.29) is 17.3 Å². The quantitative estimate of drug-likeness (QED) is 0.679. The highest BCUT2D eigenvalue weighted by molar-refractivity contribution is 7.99. The number of ether oxygens (including phenoxy) is 1. The summed E-state index contributed by atoms with van der Waals surface area (Å²) in [7, 11) is 2.08. The number of likely N-dealkylation sites (N-methyl/N-ethyl adjacent to an activating group) is 1. The predicted molar refractivity (Wildman–Crippen MR) is 117 cm³/mol. The van der Waals surface area contributed by atoms with Crippen LogP contribution in [0.15, 0.2) is 29.3 Å². The largest absolute Gasteiger partial charge is 0.462 e. The van der Waals surface area contributed by atoms with Crippen molar-refractivity contribution < 1.29 is 9.13 Å². The lowest BCUT2D eigenvalue weighted by atomic mass is 10.0. The van der Waals surface area contributed by atoms with Crippen molar-refractivity contribution in [1.29, 1.82) is 0 Å². The normalized spacial score (nSPS) is 19.2. The van der Waals surface area contributed by atoms with E-state index in [1.165, 1.54) is 5.56 Å². The second-order valence-corrected chi connectivity index (χ2v) is 9.01. The van der Waals surface area contributed by atoms with E-state index in [0.29, 0.717) is 23.7 Å². The summed E-state index contributed by atoms with van der Waals surface area (Å²) in [5.74, 6) is 0.725. The number of aromatic nitrogens is 3. The molecule has 2 aliphatic heterocycles. The van der Waals surface area contributed by atoms with Crippen LogP contribution in [0.1, 0.15) is 24.8 Å². The van der Waals surface area contributed by atoms with E-state index in [1.807, 2.05) is 12.1 Å². The number of likely N-dealkylation sites (tertiary alicyclic amines) is 1. The number of thioether (sulfide) groups is 1. The van der Waals surface area contributed by atoms with Gasteiger partial charge in [-0.15, -0.1) is 11.8 Å². The third-order valence-corrected chi connectivity index (χ3v) is 7.22. The smallest absolute Gasteiger partial charge is 0.319 e. The summed E-state index contributed by atoms with van der Waals surface area (Å²) in [5.41, 5.74) is 8.59. The molecular formula is C22H24FN5OS. The van der Waals surface area contributed by atoms with Gasteiger partial charge in [0, 0.05) is 22.7 Å². The molecule has 1 atom stereocenters. The number of hydrogen-bond donors (Lipinski definition) is 1. The summed E-state index contributed by atoms with van der Waals surface area (Å²) in [6.45, 7) is 1.52. The first-order chi connectivity index (χ1) is 14.6. The van der Waals surface area contributed by atoms with Crippen molar-refractivity contribution in [3.63, 3.8) is 0 Å². The first kappa shape index (κ1) is 19.5. The van der Waals surface area contributed by atoms with Gasteiger partial charge in [0.05, 0.1) is 5.39 Å². The number of anilines is 1. The zero-order chi connectivity index (χ0) is 20.7. The third kappa shape index (κ3) is 3.48. The molecule has 5 rings (SSSR count). The lowest BCUT2D eigenvalue weighted by Gasteiger charge is -2.19. The lowest BCUT2D eigenvalue weighted by Crippen LogP contribution is -2.30. The fourth-order valence-corrected chi connectivity index (χ4v) is 5.41. The first-order valence-electron chi connectivity index (χ1n) is 10.3.